The Bertz CT molecular complexity index is 500. The first-order valence-corrected chi connectivity index (χ1v) is 6.06. The van der Waals surface area contributed by atoms with Crippen LogP contribution in [0.15, 0.2) is 41.0 Å². The van der Waals surface area contributed by atoms with Gasteiger partial charge in [0.25, 0.3) is 0 Å². The van der Waals surface area contributed by atoms with Crippen LogP contribution in [-0.4, -0.2) is 11.2 Å². The van der Waals surface area contributed by atoms with E-state index in [9.17, 15) is 5.11 Å². The molecule has 1 atom stereocenters. The number of aryl methyl sites for hydroxylation is 1. The first-order chi connectivity index (χ1) is 8.56. The van der Waals surface area contributed by atoms with Gasteiger partial charge >= 0.3 is 0 Å². The van der Waals surface area contributed by atoms with Gasteiger partial charge in [0.1, 0.15) is 17.6 Å². The maximum absolute atomic E-state index is 10.2. The quantitative estimate of drug-likeness (QED) is 0.898. The summed E-state index contributed by atoms with van der Waals surface area (Å²) in [5, 5.41) is 10.2. The summed E-state index contributed by atoms with van der Waals surface area (Å²) < 4.78 is 10.9. The summed E-state index contributed by atoms with van der Waals surface area (Å²) >= 11 is 0. The Kier molecular flexibility index (Phi) is 3.72. The van der Waals surface area contributed by atoms with E-state index in [1.807, 2.05) is 39.0 Å². The number of hydrogen-bond acceptors (Lipinski definition) is 3. The average Bonchev–Trinajstić information content (AvgIpc) is 2.79. The van der Waals surface area contributed by atoms with Crippen molar-refractivity contribution in [3.8, 4) is 5.75 Å². The lowest BCUT2D eigenvalue weighted by Crippen LogP contribution is -2.07. The van der Waals surface area contributed by atoms with Crippen LogP contribution < -0.4 is 4.74 Å². The first-order valence-electron chi connectivity index (χ1n) is 6.06. The molecule has 1 heterocycles. The molecule has 0 saturated heterocycles. The zero-order valence-corrected chi connectivity index (χ0v) is 10.9. The van der Waals surface area contributed by atoms with Crippen molar-refractivity contribution < 1.29 is 14.3 Å². The molecule has 1 unspecified atom stereocenters. The predicted molar refractivity (Wildman–Crippen MR) is 69.7 cm³/mol. The molecule has 0 amide bonds. The van der Waals surface area contributed by atoms with Crippen LogP contribution in [-0.2, 0) is 0 Å². The molecule has 0 radical (unpaired) electrons. The lowest BCUT2D eigenvalue weighted by atomic mass is 10.0. The smallest absolute Gasteiger partial charge is 0.137 e. The van der Waals surface area contributed by atoms with Crippen LogP contribution in [0.5, 0.6) is 5.75 Å². The van der Waals surface area contributed by atoms with E-state index in [0.717, 1.165) is 16.9 Å². The number of furan rings is 1. The third-order valence-corrected chi connectivity index (χ3v) is 2.57. The van der Waals surface area contributed by atoms with Gasteiger partial charge in [-0.2, -0.15) is 0 Å². The zero-order chi connectivity index (χ0) is 13.1. The zero-order valence-electron chi connectivity index (χ0n) is 10.9. The number of ether oxygens (including phenoxy) is 1. The van der Waals surface area contributed by atoms with Gasteiger partial charge in [-0.25, -0.2) is 0 Å². The molecular weight excluding hydrogens is 228 g/mol. The van der Waals surface area contributed by atoms with Crippen LogP contribution >= 0.6 is 0 Å². The maximum Gasteiger partial charge on any atom is 0.137 e. The molecule has 2 aromatic rings. The summed E-state index contributed by atoms with van der Waals surface area (Å²) in [4.78, 5) is 0. The minimum Gasteiger partial charge on any atom is -0.491 e. The fraction of sp³-hybridized carbons (Fsp3) is 0.333. The molecule has 1 aromatic carbocycles. The summed E-state index contributed by atoms with van der Waals surface area (Å²) in [6.07, 6.45) is 0.912. The highest BCUT2D eigenvalue weighted by Crippen LogP contribution is 2.27. The standard InChI is InChI=1S/C15H18O3/c1-10(2)18-13-8-11(3)7-12(9-13)15(16)14-5-4-6-17-14/h4-10,15-16H,1-3H3. The average molecular weight is 246 g/mol. The van der Waals surface area contributed by atoms with Crippen LogP contribution in [0.25, 0.3) is 0 Å². The van der Waals surface area contributed by atoms with E-state index in [1.165, 1.54) is 0 Å². The molecule has 1 aromatic heterocycles. The molecule has 18 heavy (non-hydrogen) atoms. The summed E-state index contributed by atoms with van der Waals surface area (Å²) in [7, 11) is 0. The monoisotopic (exact) mass is 246 g/mol. The molecule has 1 N–H and O–H groups in total. The molecule has 3 nitrogen and oxygen atoms in total. The van der Waals surface area contributed by atoms with Crippen molar-refractivity contribution in [2.75, 3.05) is 0 Å². The van der Waals surface area contributed by atoms with Crippen molar-refractivity contribution in [1.82, 2.24) is 0 Å². The number of rotatable bonds is 4. The summed E-state index contributed by atoms with van der Waals surface area (Å²) in [6.45, 7) is 5.93. The minimum absolute atomic E-state index is 0.111. The topological polar surface area (TPSA) is 42.6 Å². The van der Waals surface area contributed by atoms with Gasteiger partial charge in [-0.3, -0.25) is 0 Å². The number of aliphatic hydroxyl groups is 1. The Morgan fingerprint density at radius 2 is 2.00 bits per heavy atom. The van der Waals surface area contributed by atoms with Gasteiger partial charge in [-0.1, -0.05) is 6.07 Å². The Balaban J connectivity index is 2.30. The molecule has 0 aliphatic rings. The van der Waals surface area contributed by atoms with Gasteiger partial charge in [0.05, 0.1) is 12.4 Å². The van der Waals surface area contributed by atoms with Crippen molar-refractivity contribution in [1.29, 1.82) is 0 Å². The molecule has 2 rings (SSSR count). The van der Waals surface area contributed by atoms with E-state index >= 15 is 0 Å². The van der Waals surface area contributed by atoms with Gasteiger partial charge in [0.2, 0.25) is 0 Å². The number of hydrogen-bond donors (Lipinski definition) is 1. The van der Waals surface area contributed by atoms with Gasteiger partial charge in [-0.05, 0) is 56.2 Å². The second-order valence-electron chi connectivity index (χ2n) is 4.66. The van der Waals surface area contributed by atoms with Gasteiger partial charge in [0, 0.05) is 0 Å². The highest BCUT2D eigenvalue weighted by Gasteiger charge is 2.14. The second-order valence-corrected chi connectivity index (χ2v) is 4.66. The molecule has 96 valence electrons. The molecule has 3 heteroatoms. The second kappa shape index (κ2) is 5.27. The van der Waals surface area contributed by atoms with Crippen molar-refractivity contribution in [2.45, 2.75) is 33.0 Å². The third kappa shape index (κ3) is 2.93. The van der Waals surface area contributed by atoms with Crippen molar-refractivity contribution in [2.24, 2.45) is 0 Å². The molecular formula is C15H18O3. The van der Waals surface area contributed by atoms with Gasteiger partial charge in [-0.15, -0.1) is 0 Å². The molecule has 0 spiro atoms. The fourth-order valence-electron chi connectivity index (χ4n) is 1.89. The van der Waals surface area contributed by atoms with E-state index in [1.54, 1.807) is 18.4 Å². The van der Waals surface area contributed by atoms with Gasteiger partial charge < -0.3 is 14.3 Å². The third-order valence-electron chi connectivity index (χ3n) is 2.57. The molecule has 0 aliphatic heterocycles. The van der Waals surface area contributed by atoms with E-state index < -0.39 is 6.10 Å². The predicted octanol–water partition coefficient (Wildman–Crippen LogP) is 3.46. The fourth-order valence-corrected chi connectivity index (χ4v) is 1.89. The summed E-state index contributed by atoms with van der Waals surface area (Å²) in [5.74, 6) is 1.31. The minimum atomic E-state index is -0.755. The van der Waals surface area contributed by atoms with E-state index in [-0.39, 0.29) is 6.10 Å². The van der Waals surface area contributed by atoms with Crippen molar-refractivity contribution in [3.63, 3.8) is 0 Å². The Hall–Kier alpha value is -1.74. The lowest BCUT2D eigenvalue weighted by Gasteiger charge is -2.14. The largest absolute Gasteiger partial charge is 0.491 e. The van der Waals surface area contributed by atoms with E-state index in [2.05, 4.69) is 0 Å². The SMILES string of the molecule is Cc1cc(OC(C)C)cc(C(O)c2ccco2)c1. The first kappa shape index (κ1) is 12.7. The number of aliphatic hydroxyl groups excluding tert-OH is 1. The van der Waals surface area contributed by atoms with Crippen LogP contribution in [0.4, 0.5) is 0 Å². The van der Waals surface area contributed by atoms with Crippen LogP contribution in [0, 0.1) is 6.92 Å². The number of benzene rings is 1. The maximum atomic E-state index is 10.2. The van der Waals surface area contributed by atoms with Gasteiger partial charge in [0.15, 0.2) is 0 Å². The molecule has 0 fully saturated rings. The molecule has 0 bridgehead atoms. The van der Waals surface area contributed by atoms with Crippen molar-refractivity contribution in [3.05, 3.63) is 53.5 Å². The van der Waals surface area contributed by atoms with Crippen LogP contribution in [0.2, 0.25) is 0 Å². The highest BCUT2D eigenvalue weighted by atomic mass is 16.5. The van der Waals surface area contributed by atoms with E-state index in [0.29, 0.717) is 5.76 Å². The normalized spacial score (nSPS) is 12.7. The Morgan fingerprint density at radius 1 is 1.22 bits per heavy atom. The van der Waals surface area contributed by atoms with Crippen molar-refractivity contribution >= 4 is 0 Å². The molecule has 0 saturated carbocycles. The molecule has 0 aliphatic carbocycles. The lowest BCUT2D eigenvalue weighted by molar-refractivity contribution is 0.187. The Labute approximate surface area is 107 Å². The summed E-state index contributed by atoms with van der Waals surface area (Å²) in [6, 6.07) is 9.26. The van der Waals surface area contributed by atoms with Crippen LogP contribution in [0.3, 0.4) is 0 Å². The van der Waals surface area contributed by atoms with E-state index in [4.69, 9.17) is 9.15 Å². The summed E-state index contributed by atoms with van der Waals surface area (Å²) in [5.41, 5.74) is 1.83. The van der Waals surface area contributed by atoms with Crippen LogP contribution in [0.1, 0.15) is 36.8 Å². The Morgan fingerprint density at radius 3 is 2.61 bits per heavy atom. The highest BCUT2D eigenvalue weighted by molar-refractivity contribution is 5.37.